The molecule has 3 unspecified atom stereocenters. The van der Waals surface area contributed by atoms with E-state index in [-0.39, 0.29) is 5.69 Å². The Balaban J connectivity index is 1.75. The van der Waals surface area contributed by atoms with E-state index in [0.29, 0.717) is 10.5 Å². The molecule has 0 saturated heterocycles. The van der Waals surface area contributed by atoms with Gasteiger partial charge in [0.1, 0.15) is 12.0 Å². The van der Waals surface area contributed by atoms with E-state index in [1.165, 1.54) is 37.9 Å². The number of nitro groups is 1. The second-order valence-corrected chi connectivity index (χ2v) is 6.06. The molecule has 1 heterocycles. The minimum absolute atomic E-state index is 0.0142. The van der Waals surface area contributed by atoms with E-state index >= 15 is 0 Å². The molecule has 0 aliphatic heterocycles. The van der Waals surface area contributed by atoms with E-state index in [4.69, 9.17) is 0 Å². The maximum absolute atomic E-state index is 10.6. The summed E-state index contributed by atoms with van der Waals surface area (Å²) in [5.74, 6) is 2.33. The van der Waals surface area contributed by atoms with Crippen LogP contribution in [0.2, 0.25) is 0 Å². The summed E-state index contributed by atoms with van der Waals surface area (Å²) in [7, 11) is 0. The van der Waals surface area contributed by atoms with Crippen molar-refractivity contribution in [2.24, 2.45) is 11.8 Å². The van der Waals surface area contributed by atoms with Crippen molar-refractivity contribution in [3.05, 3.63) is 26.9 Å². The lowest BCUT2D eigenvalue weighted by Gasteiger charge is -2.23. The second-order valence-electron chi connectivity index (χ2n) is 5.21. The highest BCUT2D eigenvalue weighted by molar-refractivity contribution is 9.10. The summed E-state index contributed by atoms with van der Waals surface area (Å²) in [6, 6.07) is 1.98. The first-order chi connectivity index (χ1) is 8.63. The molecule has 6 heteroatoms. The molecule has 1 aromatic rings. The van der Waals surface area contributed by atoms with Gasteiger partial charge < -0.3 is 5.32 Å². The van der Waals surface area contributed by atoms with Crippen molar-refractivity contribution in [2.45, 2.75) is 31.7 Å². The molecule has 3 atom stereocenters. The van der Waals surface area contributed by atoms with Crippen molar-refractivity contribution in [2.75, 3.05) is 5.32 Å². The normalized spacial score (nSPS) is 29.5. The van der Waals surface area contributed by atoms with Crippen LogP contribution in [-0.4, -0.2) is 15.9 Å². The van der Waals surface area contributed by atoms with Gasteiger partial charge in [-0.1, -0.05) is 6.42 Å². The van der Waals surface area contributed by atoms with Crippen LogP contribution in [0.25, 0.3) is 0 Å². The molecule has 2 fully saturated rings. The van der Waals surface area contributed by atoms with Crippen LogP contribution in [0.4, 0.5) is 11.5 Å². The predicted molar refractivity (Wildman–Crippen MR) is 71.5 cm³/mol. The molecule has 96 valence electrons. The molecule has 1 aromatic heterocycles. The lowest BCUT2D eigenvalue weighted by Crippen LogP contribution is -2.26. The van der Waals surface area contributed by atoms with E-state index in [1.807, 2.05) is 0 Å². The van der Waals surface area contributed by atoms with Gasteiger partial charge in [0.25, 0.3) is 5.69 Å². The number of rotatable bonds is 3. The van der Waals surface area contributed by atoms with Gasteiger partial charge in [-0.15, -0.1) is 0 Å². The number of halogens is 1. The van der Waals surface area contributed by atoms with Crippen molar-refractivity contribution in [3.63, 3.8) is 0 Å². The molecule has 0 spiro atoms. The third-order valence-electron chi connectivity index (χ3n) is 4.10. The van der Waals surface area contributed by atoms with E-state index in [2.05, 4.69) is 26.2 Å². The van der Waals surface area contributed by atoms with Gasteiger partial charge in [-0.25, -0.2) is 4.98 Å². The maximum atomic E-state index is 10.6. The Morgan fingerprint density at radius 2 is 2.28 bits per heavy atom. The van der Waals surface area contributed by atoms with Crippen LogP contribution in [0, 0.1) is 22.0 Å². The Morgan fingerprint density at radius 1 is 1.44 bits per heavy atom. The fourth-order valence-corrected chi connectivity index (χ4v) is 3.68. The Labute approximate surface area is 113 Å². The summed E-state index contributed by atoms with van der Waals surface area (Å²) in [6.45, 7) is 0. The van der Waals surface area contributed by atoms with Crippen LogP contribution in [0.1, 0.15) is 25.7 Å². The zero-order valence-electron chi connectivity index (χ0n) is 9.80. The van der Waals surface area contributed by atoms with Gasteiger partial charge in [-0.3, -0.25) is 10.1 Å². The van der Waals surface area contributed by atoms with Gasteiger partial charge in [-0.05, 0) is 47.0 Å². The number of anilines is 1. The van der Waals surface area contributed by atoms with Gasteiger partial charge in [0.05, 0.1) is 9.40 Å². The van der Waals surface area contributed by atoms with Crippen molar-refractivity contribution in [1.29, 1.82) is 0 Å². The van der Waals surface area contributed by atoms with Gasteiger partial charge in [-0.2, -0.15) is 0 Å². The maximum Gasteiger partial charge on any atom is 0.288 e. The van der Waals surface area contributed by atoms with Crippen LogP contribution in [-0.2, 0) is 0 Å². The summed E-state index contributed by atoms with van der Waals surface area (Å²) in [4.78, 5) is 14.4. The van der Waals surface area contributed by atoms with Crippen molar-refractivity contribution < 1.29 is 4.92 Å². The lowest BCUT2D eigenvalue weighted by atomic mass is 9.95. The summed E-state index contributed by atoms with van der Waals surface area (Å²) < 4.78 is 0.666. The standard InChI is InChI=1S/C12H14BrN3O2/c13-10-5-9(16(17)18)6-14-12(10)15-11-4-7-1-2-8(11)3-7/h5-8,11H,1-4H2,(H,14,15). The lowest BCUT2D eigenvalue weighted by molar-refractivity contribution is -0.385. The number of nitrogens with one attached hydrogen (secondary N) is 1. The monoisotopic (exact) mass is 311 g/mol. The molecule has 18 heavy (non-hydrogen) atoms. The molecule has 0 radical (unpaired) electrons. The zero-order chi connectivity index (χ0) is 12.7. The van der Waals surface area contributed by atoms with Gasteiger partial charge >= 0.3 is 0 Å². The summed E-state index contributed by atoms with van der Waals surface area (Å²) in [5.41, 5.74) is 0.0142. The number of hydrogen-bond acceptors (Lipinski definition) is 4. The molecular weight excluding hydrogens is 298 g/mol. The highest BCUT2D eigenvalue weighted by Crippen LogP contribution is 2.45. The van der Waals surface area contributed by atoms with Crippen LogP contribution in [0.15, 0.2) is 16.7 Å². The third kappa shape index (κ3) is 2.09. The molecule has 3 rings (SSSR count). The van der Waals surface area contributed by atoms with Gasteiger partial charge in [0.2, 0.25) is 0 Å². The molecule has 1 N–H and O–H groups in total. The highest BCUT2D eigenvalue weighted by atomic mass is 79.9. The summed E-state index contributed by atoms with van der Waals surface area (Å²) >= 11 is 3.35. The molecule has 0 amide bonds. The number of hydrogen-bond donors (Lipinski definition) is 1. The Hall–Kier alpha value is -1.17. The first-order valence-corrected chi connectivity index (χ1v) is 6.99. The van der Waals surface area contributed by atoms with Crippen molar-refractivity contribution >= 4 is 27.4 Å². The van der Waals surface area contributed by atoms with Crippen molar-refractivity contribution in [1.82, 2.24) is 4.98 Å². The van der Waals surface area contributed by atoms with E-state index in [9.17, 15) is 10.1 Å². The Bertz CT molecular complexity index is 494. The van der Waals surface area contributed by atoms with Gasteiger partial charge in [0.15, 0.2) is 0 Å². The van der Waals surface area contributed by atoms with Crippen LogP contribution in [0.5, 0.6) is 0 Å². The van der Waals surface area contributed by atoms with E-state index < -0.39 is 4.92 Å². The molecule has 5 nitrogen and oxygen atoms in total. The molecule has 2 aliphatic rings. The van der Waals surface area contributed by atoms with Crippen LogP contribution in [0.3, 0.4) is 0 Å². The van der Waals surface area contributed by atoms with Gasteiger partial charge in [0, 0.05) is 12.1 Å². The predicted octanol–water partition coefficient (Wildman–Crippen LogP) is 3.35. The third-order valence-corrected chi connectivity index (χ3v) is 4.70. The van der Waals surface area contributed by atoms with E-state index in [0.717, 1.165) is 17.7 Å². The number of aromatic nitrogens is 1. The average Bonchev–Trinajstić information content (AvgIpc) is 2.93. The topological polar surface area (TPSA) is 68.1 Å². The quantitative estimate of drug-likeness (QED) is 0.686. The minimum atomic E-state index is -0.431. The fraction of sp³-hybridized carbons (Fsp3) is 0.583. The first kappa shape index (κ1) is 11.9. The second kappa shape index (κ2) is 4.50. The highest BCUT2D eigenvalue weighted by Gasteiger charge is 2.39. The van der Waals surface area contributed by atoms with E-state index in [1.54, 1.807) is 0 Å². The number of pyridine rings is 1. The SMILES string of the molecule is O=[N+]([O-])c1cnc(NC2CC3CCC2C3)c(Br)c1. The first-order valence-electron chi connectivity index (χ1n) is 6.20. The van der Waals surface area contributed by atoms with Crippen molar-refractivity contribution in [3.8, 4) is 0 Å². The van der Waals surface area contributed by atoms with Crippen LogP contribution >= 0.6 is 15.9 Å². The molecular formula is C12H14BrN3O2. The Morgan fingerprint density at radius 3 is 2.83 bits per heavy atom. The zero-order valence-corrected chi connectivity index (χ0v) is 11.4. The number of nitrogens with zero attached hydrogens (tertiary/aromatic N) is 2. The largest absolute Gasteiger partial charge is 0.366 e. The number of fused-ring (bicyclic) bond motifs is 2. The summed E-state index contributed by atoms with van der Waals surface area (Å²) in [6.07, 6.45) is 6.49. The van der Waals surface area contributed by atoms with Crippen LogP contribution < -0.4 is 5.32 Å². The molecule has 2 aliphatic carbocycles. The molecule has 2 saturated carbocycles. The summed E-state index contributed by atoms with van der Waals surface area (Å²) in [5, 5.41) is 14.1. The Kier molecular flexibility index (Phi) is 2.97. The molecule has 0 aromatic carbocycles. The average molecular weight is 312 g/mol. The molecule has 2 bridgehead atoms. The minimum Gasteiger partial charge on any atom is -0.366 e. The smallest absolute Gasteiger partial charge is 0.288 e. The fourth-order valence-electron chi connectivity index (χ4n) is 3.23.